The van der Waals surface area contributed by atoms with Crippen LogP contribution in [0, 0.1) is 0 Å². The molecule has 2 aromatic rings. The van der Waals surface area contributed by atoms with Gasteiger partial charge in [0.25, 0.3) is 11.8 Å². The summed E-state index contributed by atoms with van der Waals surface area (Å²) in [5.74, 6) is -0.993. The molecule has 2 aromatic carbocycles. The standard InChI is InChI=1S/C14H11N3O3/c15-7-1-3-9-10(5-7)14(20)17(13(9)19)8-2-4-12(18)11(16)6-8/h1-6,18H,15-16H2. The average molecular weight is 269 g/mol. The fraction of sp³-hybridized carbons (Fsp3) is 0. The molecule has 6 heteroatoms. The topological polar surface area (TPSA) is 110 Å². The zero-order chi connectivity index (χ0) is 14.4. The Morgan fingerprint density at radius 1 is 0.900 bits per heavy atom. The van der Waals surface area contributed by atoms with E-state index in [4.69, 9.17) is 11.5 Å². The van der Waals surface area contributed by atoms with Crippen LogP contribution in [0.1, 0.15) is 20.7 Å². The van der Waals surface area contributed by atoms with E-state index >= 15 is 0 Å². The van der Waals surface area contributed by atoms with E-state index in [0.29, 0.717) is 16.9 Å². The van der Waals surface area contributed by atoms with E-state index in [-0.39, 0.29) is 17.0 Å². The number of carbonyl (C=O) groups is 2. The van der Waals surface area contributed by atoms with Gasteiger partial charge in [0.05, 0.1) is 22.5 Å². The first kappa shape index (κ1) is 12.0. The van der Waals surface area contributed by atoms with Crippen LogP contribution >= 0.6 is 0 Å². The van der Waals surface area contributed by atoms with E-state index in [1.54, 1.807) is 6.07 Å². The number of hydrogen-bond donors (Lipinski definition) is 3. The van der Waals surface area contributed by atoms with Crippen molar-refractivity contribution in [2.75, 3.05) is 16.4 Å². The van der Waals surface area contributed by atoms with Crippen LogP contribution in [0.4, 0.5) is 17.1 Å². The molecule has 0 unspecified atom stereocenters. The molecule has 2 amide bonds. The van der Waals surface area contributed by atoms with E-state index in [0.717, 1.165) is 4.90 Å². The van der Waals surface area contributed by atoms with E-state index in [1.165, 1.54) is 30.3 Å². The van der Waals surface area contributed by atoms with Gasteiger partial charge in [0.2, 0.25) is 0 Å². The minimum Gasteiger partial charge on any atom is -0.506 e. The molecule has 1 aliphatic heterocycles. The Bertz CT molecular complexity index is 755. The van der Waals surface area contributed by atoms with Gasteiger partial charge in [-0.25, -0.2) is 4.90 Å². The van der Waals surface area contributed by atoms with Crippen LogP contribution in [0.25, 0.3) is 0 Å². The third kappa shape index (κ3) is 1.58. The number of rotatable bonds is 1. The third-order valence-corrected chi connectivity index (χ3v) is 3.18. The molecular weight excluding hydrogens is 258 g/mol. The zero-order valence-corrected chi connectivity index (χ0v) is 10.3. The van der Waals surface area contributed by atoms with Gasteiger partial charge in [-0.05, 0) is 36.4 Å². The number of phenolic OH excluding ortho intramolecular Hbond substituents is 1. The van der Waals surface area contributed by atoms with Crippen molar-refractivity contribution >= 4 is 28.9 Å². The lowest BCUT2D eigenvalue weighted by atomic mass is 10.1. The maximum absolute atomic E-state index is 12.3. The van der Waals surface area contributed by atoms with Crippen molar-refractivity contribution in [1.82, 2.24) is 0 Å². The van der Waals surface area contributed by atoms with Crippen molar-refractivity contribution in [3.05, 3.63) is 47.5 Å². The molecular formula is C14H11N3O3. The molecule has 3 rings (SSSR count). The number of imide groups is 1. The van der Waals surface area contributed by atoms with Gasteiger partial charge in [-0.2, -0.15) is 0 Å². The minimum absolute atomic E-state index is 0.0959. The first-order valence-electron chi connectivity index (χ1n) is 5.86. The molecule has 100 valence electrons. The second-order valence-corrected chi connectivity index (χ2v) is 4.49. The molecule has 1 aliphatic rings. The lowest BCUT2D eigenvalue weighted by molar-refractivity contribution is 0.0926. The summed E-state index contributed by atoms with van der Waals surface area (Å²) < 4.78 is 0. The number of fused-ring (bicyclic) bond motifs is 1. The zero-order valence-electron chi connectivity index (χ0n) is 10.3. The second kappa shape index (κ2) is 3.99. The Kier molecular flexibility index (Phi) is 2.40. The Morgan fingerprint density at radius 2 is 1.60 bits per heavy atom. The number of benzene rings is 2. The van der Waals surface area contributed by atoms with E-state index < -0.39 is 11.8 Å². The van der Waals surface area contributed by atoms with Crippen LogP contribution in [0.15, 0.2) is 36.4 Å². The molecule has 0 aliphatic carbocycles. The van der Waals surface area contributed by atoms with Gasteiger partial charge in [0.15, 0.2) is 0 Å². The lowest BCUT2D eigenvalue weighted by Gasteiger charge is -2.14. The lowest BCUT2D eigenvalue weighted by Crippen LogP contribution is -2.29. The molecule has 1 heterocycles. The van der Waals surface area contributed by atoms with Gasteiger partial charge in [-0.1, -0.05) is 0 Å². The average Bonchev–Trinajstić information content (AvgIpc) is 2.65. The van der Waals surface area contributed by atoms with Crippen molar-refractivity contribution < 1.29 is 14.7 Å². The van der Waals surface area contributed by atoms with E-state index in [2.05, 4.69) is 0 Å². The highest BCUT2D eigenvalue weighted by Crippen LogP contribution is 2.32. The molecule has 0 aromatic heterocycles. The first-order chi connectivity index (χ1) is 9.49. The SMILES string of the molecule is Nc1ccc2c(c1)C(=O)N(c1ccc(O)c(N)c1)C2=O. The van der Waals surface area contributed by atoms with Crippen molar-refractivity contribution in [2.45, 2.75) is 0 Å². The Labute approximate surface area is 114 Å². The molecule has 20 heavy (non-hydrogen) atoms. The molecule has 0 saturated carbocycles. The van der Waals surface area contributed by atoms with Gasteiger partial charge in [-0.3, -0.25) is 9.59 Å². The molecule has 0 fully saturated rings. The van der Waals surface area contributed by atoms with Crippen LogP contribution in [0.2, 0.25) is 0 Å². The normalized spacial score (nSPS) is 13.7. The predicted molar refractivity (Wildman–Crippen MR) is 74.5 cm³/mol. The van der Waals surface area contributed by atoms with Crippen LogP contribution in [0.3, 0.4) is 0 Å². The molecule has 0 radical (unpaired) electrons. The fourth-order valence-electron chi connectivity index (χ4n) is 2.17. The van der Waals surface area contributed by atoms with Gasteiger partial charge in [0, 0.05) is 5.69 Å². The summed E-state index contributed by atoms with van der Waals surface area (Å²) >= 11 is 0. The molecule has 0 bridgehead atoms. The summed E-state index contributed by atoms with van der Waals surface area (Å²) in [6.45, 7) is 0. The predicted octanol–water partition coefficient (Wildman–Crippen LogP) is 1.36. The Balaban J connectivity index is 2.11. The highest BCUT2D eigenvalue weighted by atomic mass is 16.3. The summed E-state index contributed by atoms with van der Waals surface area (Å²) in [5, 5.41) is 9.40. The van der Waals surface area contributed by atoms with Crippen LogP contribution in [-0.2, 0) is 0 Å². The van der Waals surface area contributed by atoms with Gasteiger partial charge in [0.1, 0.15) is 5.75 Å². The number of nitrogens with two attached hydrogens (primary N) is 2. The number of anilines is 3. The molecule has 6 nitrogen and oxygen atoms in total. The van der Waals surface area contributed by atoms with Crippen LogP contribution in [-0.4, -0.2) is 16.9 Å². The molecule has 0 spiro atoms. The van der Waals surface area contributed by atoms with Crippen LogP contribution < -0.4 is 16.4 Å². The first-order valence-corrected chi connectivity index (χ1v) is 5.86. The van der Waals surface area contributed by atoms with Crippen LogP contribution in [0.5, 0.6) is 5.75 Å². The summed E-state index contributed by atoms with van der Waals surface area (Å²) in [7, 11) is 0. The fourth-order valence-corrected chi connectivity index (χ4v) is 2.17. The summed E-state index contributed by atoms with van der Waals surface area (Å²) in [6.07, 6.45) is 0. The number of aromatic hydroxyl groups is 1. The summed E-state index contributed by atoms with van der Waals surface area (Å²) in [4.78, 5) is 25.6. The Hall–Kier alpha value is -3.02. The Morgan fingerprint density at radius 3 is 2.30 bits per heavy atom. The van der Waals surface area contributed by atoms with E-state index in [9.17, 15) is 14.7 Å². The highest BCUT2D eigenvalue weighted by Gasteiger charge is 2.36. The number of nitrogens with zero attached hydrogens (tertiary/aromatic N) is 1. The molecule has 0 atom stereocenters. The van der Waals surface area contributed by atoms with Gasteiger partial charge in [-0.15, -0.1) is 0 Å². The molecule has 5 N–H and O–H groups in total. The number of amides is 2. The van der Waals surface area contributed by atoms with Crippen molar-refractivity contribution in [1.29, 1.82) is 0 Å². The van der Waals surface area contributed by atoms with Crippen molar-refractivity contribution in [3.63, 3.8) is 0 Å². The number of carbonyl (C=O) groups excluding carboxylic acids is 2. The smallest absolute Gasteiger partial charge is 0.266 e. The van der Waals surface area contributed by atoms with Gasteiger partial charge >= 0.3 is 0 Å². The van der Waals surface area contributed by atoms with E-state index in [1.807, 2.05) is 0 Å². The monoisotopic (exact) mass is 269 g/mol. The number of nitrogen functional groups attached to an aromatic ring is 2. The van der Waals surface area contributed by atoms with Gasteiger partial charge < -0.3 is 16.6 Å². The summed E-state index contributed by atoms with van der Waals surface area (Å²) in [5.41, 5.74) is 12.6. The third-order valence-electron chi connectivity index (χ3n) is 3.18. The second-order valence-electron chi connectivity index (χ2n) is 4.49. The maximum atomic E-state index is 12.3. The maximum Gasteiger partial charge on any atom is 0.266 e. The van der Waals surface area contributed by atoms with Crippen molar-refractivity contribution in [3.8, 4) is 5.75 Å². The quantitative estimate of drug-likeness (QED) is 0.411. The molecule has 0 saturated heterocycles. The summed E-state index contributed by atoms with van der Waals surface area (Å²) in [6, 6.07) is 8.73. The number of phenols is 1. The highest BCUT2D eigenvalue weighted by molar-refractivity contribution is 6.34. The number of hydrogen-bond acceptors (Lipinski definition) is 5. The largest absolute Gasteiger partial charge is 0.506 e. The minimum atomic E-state index is -0.456. The van der Waals surface area contributed by atoms with Crippen molar-refractivity contribution in [2.24, 2.45) is 0 Å².